The zero-order valence-corrected chi connectivity index (χ0v) is 11.9. The summed E-state index contributed by atoms with van der Waals surface area (Å²) >= 11 is 0. The van der Waals surface area contributed by atoms with Gasteiger partial charge in [0.25, 0.3) is 0 Å². The van der Waals surface area contributed by atoms with Gasteiger partial charge in [-0.15, -0.1) is 0 Å². The summed E-state index contributed by atoms with van der Waals surface area (Å²) in [6.07, 6.45) is 6.24. The molecule has 1 aromatic carbocycles. The molecule has 18 heavy (non-hydrogen) atoms. The second-order valence-electron chi connectivity index (χ2n) is 5.84. The molecule has 1 aliphatic rings. The quantitative estimate of drug-likeness (QED) is 0.885. The van der Waals surface area contributed by atoms with Gasteiger partial charge < -0.3 is 10.5 Å². The van der Waals surface area contributed by atoms with Crippen molar-refractivity contribution < 1.29 is 4.74 Å². The maximum atomic E-state index is 6.04. The molecule has 0 unspecified atom stereocenters. The minimum absolute atomic E-state index is 0.314. The zero-order valence-electron chi connectivity index (χ0n) is 11.9. The van der Waals surface area contributed by atoms with E-state index >= 15 is 0 Å². The molecule has 0 bridgehead atoms. The van der Waals surface area contributed by atoms with Crippen molar-refractivity contribution in [3.63, 3.8) is 0 Å². The highest BCUT2D eigenvalue weighted by molar-refractivity contribution is 5.42. The third-order valence-electron chi connectivity index (χ3n) is 4.56. The Morgan fingerprint density at radius 2 is 1.78 bits per heavy atom. The fraction of sp³-hybridized carbons (Fsp3) is 0.625. The average molecular weight is 247 g/mol. The van der Waals surface area contributed by atoms with E-state index in [1.54, 1.807) is 7.11 Å². The van der Waals surface area contributed by atoms with Crippen LogP contribution >= 0.6 is 0 Å². The van der Waals surface area contributed by atoms with E-state index in [2.05, 4.69) is 26.0 Å². The van der Waals surface area contributed by atoms with E-state index in [-0.39, 0.29) is 0 Å². The normalized spacial score (nSPS) is 18.0. The van der Waals surface area contributed by atoms with Crippen LogP contribution in [0.3, 0.4) is 0 Å². The number of methoxy groups -OCH3 is 1. The molecule has 2 nitrogen and oxygen atoms in total. The van der Waals surface area contributed by atoms with Crippen LogP contribution in [-0.4, -0.2) is 13.7 Å². The Hall–Kier alpha value is -1.02. The second-order valence-corrected chi connectivity index (χ2v) is 5.84. The number of rotatable bonds is 4. The molecule has 2 N–H and O–H groups in total. The molecular weight excluding hydrogens is 222 g/mol. The number of hydrogen-bond acceptors (Lipinski definition) is 2. The SMILES string of the molecule is COc1cc(C)c(C)cc1CC1(CN)CCCC1. The summed E-state index contributed by atoms with van der Waals surface area (Å²) in [5.74, 6) is 1.03. The molecule has 100 valence electrons. The summed E-state index contributed by atoms with van der Waals surface area (Å²) in [7, 11) is 1.76. The number of hydrogen-bond donors (Lipinski definition) is 1. The van der Waals surface area contributed by atoms with E-state index in [1.807, 2.05) is 0 Å². The lowest BCUT2D eigenvalue weighted by Gasteiger charge is -2.28. The summed E-state index contributed by atoms with van der Waals surface area (Å²) in [5.41, 5.74) is 10.3. The van der Waals surface area contributed by atoms with Crippen molar-refractivity contribution in [2.45, 2.75) is 46.0 Å². The molecule has 0 atom stereocenters. The molecule has 1 aromatic rings. The molecule has 0 radical (unpaired) electrons. The van der Waals surface area contributed by atoms with Gasteiger partial charge in [0.05, 0.1) is 7.11 Å². The smallest absolute Gasteiger partial charge is 0.122 e. The lowest BCUT2D eigenvalue weighted by Crippen LogP contribution is -2.29. The van der Waals surface area contributed by atoms with E-state index in [0.717, 1.165) is 18.7 Å². The average Bonchev–Trinajstić information content (AvgIpc) is 2.83. The molecule has 2 heteroatoms. The van der Waals surface area contributed by atoms with E-state index in [0.29, 0.717) is 5.41 Å². The van der Waals surface area contributed by atoms with Crippen LogP contribution in [0.15, 0.2) is 12.1 Å². The molecule has 0 saturated heterocycles. The van der Waals surface area contributed by atoms with Gasteiger partial charge in [-0.1, -0.05) is 18.9 Å². The van der Waals surface area contributed by atoms with Crippen LogP contribution in [0.5, 0.6) is 5.75 Å². The van der Waals surface area contributed by atoms with E-state index in [4.69, 9.17) is 10.5 Å². The third kappa shape index (κ3) is 2.54. The van der Waals surface area contributed by atoms with Gasteiger partial charge in [0.1, 0.15) is 5.75 Å². The zero-order chi connectivity index (χ0) is 13.2. The van der Waals surface area contributed by atoms with Crippen molar-refractivity contribution in [2.24, 2.45) is 11.1 Å². The maximum absolute atomic E-state index is 6.04. The highest BCUT2D eigenvalue weighted by Gasteiger charge is 2.33. The highest BCUT2D eigenvalue weighted by atomic mass is 16.5. The van der Waals surface area contributed by atoms with Crippen molar-refractivity contribution >= 4 is 0 Å². The molecule has 0 spiro atoms. The van der Waals surface area contributed by atoms with Crippen LogP contribution in [0.1, 0.15) is 42.4 Å². The van der Waals surface area contributed by atoms with Gasteiger partial charge in [0.2, 0.25) is 0 Å². The largest absolute Gasteiger partial charge is 0.496 e. The molecule has 0 heterocycles. The molecule has 1 saturated carbocycles. The Kier molecular flexibility index (Phi) is 3.96. The topological polar surface area (TPSA) is 35.2 Å². The van der Waals surface area contributed by atoms with Crippen LogP contribution in [0, 0.1) is 19.3 Å². The first-order valence-corrected chi connectivity index (χ1v) is 6.94. The summed E-state index contributed by atoms with van der Waals surface area (Å²) in [5, 5.41) is 0. The fourth-order valence-corrected chi connectivity index (χ4v) is 3.16. The van der Waals surface area contributed by atoms with Crippen LogP contribution in [0.4, 0.5) is 0 Å². The lowest BCUT2D eigenvalue weighted by molar-refractivity contribution is 0.300. The summed E-state index contributed by atoms with van der Waals surface area (Å²) in [6.45, 7) is 5.10. The van der Waals surface area contributed by atoms with Gasteiger partial charge in [-0.3, -0.25) is 0 Å². The molecule has 0 amide bonds. The Labute approximate surface area is 111 Å². The van der Waals surface area contributed by atoms with E-state index < -0.39 is 0 Å². The van der Waals surface area contributed by atoms with Crippen LogP contribution in [0.25, 0.3) is 0 Å². The first-order chi connectivity index (χ1) is 8.60. The predicted octanol–water partition coefficient (Wildman–Crippen LogP) is 3.37. The summed E-state index contributed by atoms with van der Waals surface area (Å²) in [4.78, 5) is 0. The van der Waals surface area contributed by atoms with Gasteiger partial charge in [-0.05, 0) is 67.8 Å². The van der Waals surface area contributed by atoms with Crippen molar-refractivity contribution in [3.8, 4) is 5.75 Å². The standard InChI is InChI=1S/C16H25NO/c1-12-8-14(15(18-3)9-13(12)2)10-16(11-17)6-4-5-7-16/h8-9H,4-7,10-11,17H2,1-3H3. The molecule has 0 aliphatic heterocycles. The second kappa shape index (κ2) is 5.31. The monoisotopic (exact) mass is 247 g/mol. The predicted molar refractivity (Wildman–Crippen MR) is 76.1 cm³/mol. The first-order valence-electron chi connectivity index (χ1n) is 6.94. The van der Waals surface area contributed by atoms with Gasteiger partial charge in [-0.25, -0.2) is 0 Å². The minimum atomic E-state index is 0.314. The number of benzene rings is 1. The van der Waals surface area contributed by atoms with Crippen molar-refractivity contribution in [1.29, 1.82) is 0 Å². The molecule has 1 fully saturated rings. The van der Waals surface area contributed by atoms with Crippen LogP contribution in [0.2, 0.25) is 0 Å². The van der Waals surface area contributed by atoms with Gasteiger partial charge >= 0.3 is 0 Å². The number of ether oxygens (including phenoxy) is 1. The maximum Gasteiger partial charge on any atom is 0.122 e. The highest BCUT2D eigenvalue weighted by Crippen LogP contribution is 2.41. The molecule has 0 aromatic heterocycles. The van der Waals surface area contributed by atoms with Gasteiger partial charge in [0, 0.05) is 0 Å². The molecule has 2 rings (SSSR count). The lowest BCUT2D eigenvalue weighted by atomic mass is 9.79. The Balaban J connectivity index is 2.30. The number of nitrogens with two attached hydrogens (primary N) is 1. The van der Waals surface area contributed by atoms with Crippen molar-refractivity contribution in [2.75, 3.05) is 13.7 Å². The fourth-order valence-electron chi connectivity index (χ4n) is 3.16. The third-order valence-corrected chi connectivity index (χ3v) is 4.56. The van der Waals surface area contributed by atoms with Gasteiger partial charge in [-0.2, -0.15) is 0 Å². The minimum Gasteiger partial charge on any atom is -0.496 e. The Morgan fingerprint density at radius 1 is 1.17 bits per heavy atom. The molecular formula is C16H25NO. The number of aryl methyl sites for hydroxylation is 2. The van der Waals surface area contributed by atoms with E-state index in [1.165, 1.54) is 42.4 Å². The first kappa shape index (κ1) is 13.4. The van der Waals surface area contributed by atoms with Gasteiger partial charge in [0.15, 0.2) is 0 Å². The van der Waals surface area contributed by atoms with Crippen LogP contribution < -0.4 is 10.5 Å². The van der Waals surface area contributed by atoms with E-state index in [9.17, 15) is 0 Å². The molecule has 1 aliphatic carbocycles. The van der Waals surface area contributed by atoms with Crippen LogP contribution in [-0.2, 0) is 6.42 Å². The summed E-state index contributed by atoms with van der Waals surface area (Å²) in [6, 6.07) is 4.44. The Bertz CT molecular complexity index is 419. The Morgan fingerprint density at radius 3 is 2.33 bits per heavy atom. The van der Waals surface area contributed by atoms with Crippen molar-refractivity contribution in [1.82, 2.24) is 0 Å². The van der Waals surface area contributed by atoms with Crippen molar-refractivity contribution in [3.05, 3.63) is 28.8 Å². The summed E-state index contributed by atoms with van der Waals surface area (Å²) < 4.78 is 5.54.